The van der Waals surface area contributed by atoms with Gasteiger partial charge in [-0.15, -0.1) is 21.5 Å². The highest BCUT2D eigenvalue weighted by Crippen LogP contribution is 2.36. The molecule has 0 saturated carbocycles. The van der Waals surface area contributed by atoms with Crippen LogP contribution >= 0.6 is 23.1 Å². The van der Waals surface area contributed by atoms with E-state index in [2.05, 4.69) is 15.5 Å². The molecule has 36 heavy (non-hydrogen) atoms. The van der Waals surface area contributed by atoms with Crippen LogP contribution in [0, 0.1) is 6.92 Å². The zero-order chi connectivity index (χ0) is 25.5. The van der Waals surface area contributed by atoms with Gasteiger partial charge >= 0.3 is 5.97 Å². The molecule has 0 radical (unpaired) electrons. The first-order valence-electron chi connectivity index (χ1n) is 11.3. The van der Waals surface area contributed by atoms with Crippen molar-refractivity contribution in [3.63, 3.8) is 0 Å². The number of nitrogens with zero attached hydrogens (tertiary/aromatic N) is 3. The average Bonchev–Trinajstić information content (AvgIpc) is 3.50. The van der Waals surface area contributed by atoms with E-state index in [1.165, 1.54) is 30.2 Å². The second-order valence-corrected chi connectivity index (χ2v) is 9.57. The summed E-state index contributed by atoms with van der Waals surface area (Å²) < 4.78 is 12.8. The SMILES string of the molecule is CCn1c(COc2ccccc2C)nnc1SCC(=O)Nc1scc(-c2ccccc2)c1C(=O)OC. The van der Waals surface area contributed by atoms with Gasteiger partial charge in [0.2, 0.25) is 5.91 Å². The normalized spacial score (nSPS) is 10.8. The fourth-order valence-corrected chi connectivity index (χ4v) is 5.38. The van der Waals surface area contributed by atoms with Gasteiger partial charge in [-0.05, 0) is 31.0 Å². The Balaban J connectivity index is 1.42. The Labute approximate surface area is 217 Å². The topological polar surface area (TPSA) is 95.3 Å². The lowest BCUT2D eigenvalue weighted by Gasteiger charge is -2.10. The summed E-state index contributed by atoms with van der Waals surface area (Å²) >= 11 is 2.57. The monoisotopic (exact) mass is 522 g/mol. The number of anilines is 1. The molecule has 0 bridgehead atoms. The lowest BCUT2D eigenvalue weighted by Crippen LogP contribution is -2.16. The molecule has 1 N–H and O–H groups in total. The molecule has 2 heterocycles. The molecule has 0 saturated heterocycles. The minimum Gasteiger partial charge on any atom is -0.485 e. The maximum Gasteiger partial charge on any atom is 0.341 e. The Hall–Kier alpha value is -3.63. The van der Waals surface area contributed by atoms with Gasteiger partial charge in [-0.2, -0.15) is 0 Å². The van der Waals surface area contributed by atoms with Gasteiger partial charge in [-0.25, -0.2) is 4.79 Å². The molecule has 0 atom stereocenters. The number of para-hydroxylation sites is 1. The van der Waals surface area contributed by atoms with Gasteiger partial charge in [0.25, 0.3) is 0 Å². The van der Waals surface area contributed by atoms with Crippen molar-refractivity contribution in [3.8, 4) is 16.9 Å². The summed E-state index contributed by atoms with van der Waals surface area (Å²) in [5, 5.41) is 14.3. The number of amides is 1. The van der Waals surface area contributed by atoms with E-state index in [1.54, 1.807) is 0 Å². The van der Waals surface area contributed by atoms with Crippen molar-refractivity contribution in [2.75, 3.05) is 18.2 Å². The predicted molar refractivity (Wildman–Crippen MR) is 142 cm³/mol. The number of carbonyl (C=O) groups excluding carboxylic acids is 2. The van der Waals surface area contributed by atoms with Crippen molar-refractivity contribution in [3.05, 3.63) is 76.9 Å². The summed E-state index contributed by atoms with van der Waals surface area (Å²) in [6.07, 6.45) is 0. The Morgan fingerprint density at radius 2 is 1.83 bits per heavy atom. The van der Waals surface area contributed by atoms with Crippen LogP contribution in [0.25, 0.3) is 11.1 Å². The Kier molecular flexibility index (Phi) is 8.40. The maximum atomic E-state index is 12.8. The van der Waals surface area contributed by atoms with Gasteiger partial charge in [0.05, 0.1) is 12.9 Å². The van der Waals surface area contributed by atoms with E-state index in [1.807, 2.05) is 78.4 Å². The molecule has 0 aliphatic carbocycles. The van der Waals surface area contributed by atoms with Gasteiger partial charge < -0.3 is 19.4 Å². The molecular formula is C26H26N4O4S2. The fourth-order valence-electron chi connectivity index (χ4n) is 3.59. The van der Waals surface area contributed by atoms with E-state index in [4.69, 9.17) is 9.47 Å². The number of esters is 1. The highest BCUT2D eigenvalue weighted by atomic mass is 32.2. The van der Waals surface area contributed by atoms with Gasteiger partial charge in [-0.3, -0.25) is 4.79 Å². The lowest BCUT2D eigenvalue weighted by molar-refractivity contribution is -0.113. The van der Waals surface area contributed by atoms with Crippen LogP contribution in [0.2, 0.25) is 0 Å². The summed E-state index contributed by atoms with van der Waals surface area (Å²) in [5.74, 6) is 0.832. The third kappa shape index (κ3) is 5.77. The molecule has 0 aliphatic rings. The number of hydrogen-bond donors (Lipinski definition) is 1. The van der Waals surface area contributed by atoms with Crippen LogP contribution in [0.3, 0.4) is 0 Å². The van der Waals surface area contributed by atoms with Crippen molar-refractivity contribution in [1.82, 2.24) is 14.8 Å². The minimum atomic E-state index is -0.498. The summed E-state index contributed by atoms with van der Waals surface area (Å²) in [7, 11) is 1.33. The predicted octanol–water partition coefficient (Wildman–Crippen LogP) is 5.43. The number of nitrogens with one attached hydrogen (secondary N) is 1. The van der Waals surface area contributed by atoms with Gasteiger partial charge in [0.1, 0.15) is 22.9 Å². The smallest absolute Gasteiger partial charge is 0.341 e. The molecule has 1 amide bonds. The summed E-state index contributed by atoms with van der Waals surface area (Å²) in [4.78, 5) is 25.3. The second kappa shape index (κ2) is 11.9. The van der Waals surface area contributed by atoms with E-state index in [9.17, 15) is 9.59 Å². The average molecular weight is 523 g/mol. The molecular weight excluding hydrogens is 496 g/mol. The number of carbonyl (C=O) groups is 2. The fraction of sp³-hybridized carbons (Fsp3) is 0.231. The number of thiophene rings is 1. The number of ether oxygens (including phenoxy) is 2. The van der Waals surface area contributed by atoms with Gasteiger partial charge in [-0.1, -0.05) is 60.3 Å². The van der Waals surface area contributed by atoms with E-state index < -0.39 is 5.97 Å². The molecule has 2 aromatic carbocycles. The molecule has 0 spiro atoms. The van der Waals surface area contributed by atoms with Crippen molar-refractivity contribution >= 4 is 40.0 Å². The largest absolute Gasteiger partial charge is 0.485 e. The van der Waals surface area contributed by atoms with Crippen LogP contribution in [0.15, 0.2) is 65.1 Å². The third-order valence-corrected chi connectivity index (χ3v) is 7.27. The molecule has 0 aliphatic heterocycles. The number of hydrogen-bond acceptors (Lipinski definition) is 8. The van der Waals surface area contributed by atoms with Crippen molar-refractivity contribution in [2.24, 2.45) is 0 Å². The van der Waals surface area contributed by atoms with Crippen molar-refractivity contribution in [1.29, 1.82) is 0 Å². The molecule has 186 valence electrons. The van der Waals surface area contributed by atoms with Crippen LogP contribution in [0.4, 0.5) is 5.00 Å². The molecule has 4 aromatic rings. The zero-order valence-corrected chi connectivity index (χ0v) is 21.8. The van der Waals surface area contributed by atoms with Crippen LogP contribution in [-0.4, -0.2) is 39.5 Å². The van der Waals surface area contributed by atoms with Crippen molar-refractivity contribution in [2.45, 2.75) is 32.2 Å². The molecule has 0 fully saturated rings. The third-order valence-electron chi connectivity index (χ3n) is 5.41. The first-order chi connectivity index (χ1) is 17.5. The zero-order valence-electron chi connectivity index (χ0n) is 20.2. The number of benzene rings is 2. The van der Waals surface area contributed by atoms with Crippen LogP contribution < -0.4 is 10.1 Å². The lowest BCUT2D eigenvalue weighted by atomic mass is 10.0. The number of aromatic nitrogens is 3. The summed E-state index contributed by atoms with van der Waals surface area (Å²) in [6.45, 7) is 4.89. The van der Waals surface area contributed by atoms with Crippen molar-refractivity contribution < 1.29 is 19.1 Å². The molecule has 8 nitrogen and oxygen atoms in total. The first-order valence-corrected chi connectivity index (χ1v) is 13.2. The highest BCUT2D eigenvalue weighted by molar-refractivity contribution is 7.99. The Morgan fingerprint density at radius 3 is 2.56 bits per heavy atom. The second-order valence-electron chi connectivity index (χ2n) is 7.75. The minimum absolute atomic E-state index is 0.107. The van der Waals surface area contributed by atoms with E-state index in [-0.39, 0.29) is 18.3 Å². The summed E-state index contributed by atoms with van der Waals surface area (Å²) in [6, 6.07) is 17.3. The number of thioether (sulfide) groups is 1. The Bertz CT molecular complexity index is 1350. The summed E-state index contributed by atoms with van der Waals surface area (Å²) in [5.41, 5.74) is 2.99. The van der Waals surface area contributed by atoms with Crippen LogP contribution in [0.5, 0.6) is 5.75 Å². The first kappa shape index (κ1) is 25.5. The van der Waals surface area contributed by atoms with E-state index in [0.29, 0.717) is 28.1 Å². The number of methoxy groups -OCH3 is 1. The van der Waals surface area contributed by atoms with Crippen LogP contribution in [0.1, 0.15) is 28.7 Å². The molecule has 0 unspecified atom stereocenters. The molecule has 4 rings (SSSR count). The standard InChI is InChI=1S/C26H26N4O4S2/c1-4-30-21(14-34-20-13-9-8-10-17(20)2)28-29-26(30)36-16-22(31)27-24-23(25(32)33-3)19(15-35-24)18-11-6-5-7-12-18/h5-13,15H,4,14,16H2,1-3H3,(H,27,31). The molecule has 2 aromatic heterocycles. The van der Waals surface area contributed by atoms with E-state index in [0.717, 1.165) is 22.4 Å². The quantitative estimate of drug-likeness (QED) is 0.219. The number of rotatable bonds is 10. The number of aryl methyl sites for hydroxylation is 1. The van der Waals surface area contributed by atoms with Gasteiger partial charge in [0.15, 0.2) is 11.0 Å². The maximum absolute atomic E-state index is 12.8. The molecule has 10 heteroatoms. The van der Waals surface area contributed by atoms with E-state index >= 15 is 0 Å². The highest BCUT2D eigenvalue weighted by Gasteiger charge is 2.23. The van der Waals surface area contributed by atoms with Gasteiger partial charge in [0, 0.05) is 17.5 Å². The van der Waals surface area contributed by atoms with Crippen LogP contribution in [-0.2, 0) is 22.7 Å². The Morgan fingerprint density at radius 1 is 1.08 bits per heavy atom.